The number of carbonyl (C=O) groups is 1. The van der Waals surface area contributed by atoms with Gasteiger partial charge in [-0.25, -0.2) is 0 Å². The van der Waals surface area contributed by atoms with Crippen molar-refractivity contribution in [1.82, 2.24) is 0 Å². The molecule has 2 N–H and O–H groups in total. The van der Waals surface area contributed by atoms with Crippen LogP contribution in [0.2, 0.25) is 0 Å². The number of rotatable bonds is 4. The van der Waals surface area contributed by atoms with Crippen LogP contribution in [0.3, 0.4) is 0 Å². The number of hydrogen-bond acceptors (Lipinski definition) is 4. The first kappa shape index (κ1) is 19.1. The predicted octanol–water partition coefficient (Wildman–Crippen LogP) is 3.78. The second kappa shape index (κ2) is 7.13. The van der Waals surface area contributed by atoms with Crippen LogP contribution in [0, 0.1) is 12.8 Å². The van der Waals surface area contributed by atoms with Crippen LogP contribution in [0.1, 0.15) is 29.5 Å². The van der Waals surface area contributed by atoms with Gasteiger partial charge in [-0.15, -0.1) is 0 Å². The number of phenolic OH excluding ortho intramolecular Hbond substituents is 1. The van der Waals surface area contributed by atoms with Gasteiger partial charge in [-0.3, -0.25) is 9.35 Å². The minimum atomic E-state index is -4.43. The lowest BCUT2D eigenvalue weighted by atomic mass is 9.74. The summed E-state index contributed by atoms with van der Waals surface area (Å²) in [5.74, 6) is -0.731. The molecule has 2 aromatic rings. The van der Waals surface area contributed by atoms with Gasteiger partial charge in [-0.2, -0.15) is 8.42 Å². The van der Waals surface area contributed by atoms with E-state index in [9.17, 15) is 22.9 Å². The van der Waals surface area contributed by atoms with Gasteiger partial charge in [0, 0.05) is 11.8 Å². The lowest BCUT2D eigenvalue weighted by Gasteiger charge is -2.30. The molecular weight excluding hydrogens is 364 g/mol. The number of allylic oxidation sites excluding steroid dienone is 4. The van der Waals surface area contributed by atoms with Gasteiger partial charge < -0.3 is 5.11 Å². The van der Waals surface area contributed by atoms with Gasteiger partial charge >= 0.3 is 0 Å². The maximum Gasteiger partial charge on any atom is 0.294 e. The van der Waals surface area contributed by atoms with Crippen LogP contribution in [0.15, 0.2) is 71.2 Å². The van der Waals surface area contributed by atoms with Crippen LogP contribution in [-0.2, 0) is 14.9 Å². The Morgan fingerprint density at radius 2 is 1.74 bits per heavy atom. The third kappa shape index (κ3) is 3.86. The zero-order chi connectivity index (χ0) is 19.8. The van der Waals surface area contributed by atoms with Crippen LogP contribution in [0.4, 0.5) is 0 Å². The monoisotopic (exact) mass is 384 g/mol. The Morgan fingerprint density at radius 1 is 1.04 bits per heavy atom. The molecule has 2 atom stereocenters. The second-order valence-electron chi connectivity index (χ2n) is 6.71. The molecule has 0 aliphatic heterocycles. The van der Waals surface area contributed by atoms with Gasteiger partial charge in [0.05, 0.1) is 4.90 Å². The van der Waals surface area contributed by atoms with Gasteiger partial charge in [0.25, 0.3) is 10.1 Å². The lowest BCUT2D eigenvalue weighted by Crippen LogP contribution is -2.20. The summed E-state index contributed by atoms with van der Waals surface area (Å²) in [7, 11) is -4.43. The largest absolute Gasteiger partial charge is 0.508 e. The Kier molecular flexibility index (Phi) is 5.04. The molecule has 5 nitrogen and oxygen atoms in total. The molecule has 6 heteroatoms. The van der Waals surface area contributed by atoms with Gasteiger partial charge in [-0.05, 0) is 60.9 Å². The van der Waals surface area contributed by atoms with E-state index in [0.29, 0.717) is 5.56 Å². The zero-order valence-corrected chi connectivity index (χ0v) is 15.8. The molecule has 2 unspecified atom stereocenters. The molecule has 3 rings (SSSR count). The van der Waals surface area contributed by atoms with Crippen LogP contribution in [0.5, 0.6) is 5.75 Å². The van der Waals surface area contributed by atoms with Crippen LogP contribution in [-0.4, -0.2) is 23.9 Å². The molecule has 0 saturated heterocycles. The molecule has 140 valence electrons. The first-order chi connectivity index (χ1) is 12.7. The third-order valence-corrected chi connectivity index (χ3v) is 5.77. The summed E-state index contributed by atoms with van der Waals surface area (Å²) in [4.78, 5) is 11.6. The number of carbonyl (C=O) groups excluding carboxylic acids is 1. The van der Waals surface area contributed by atoms with Crippen molar-refractivity contribution in [2.75, 3.05) is 0 Å². The fraction of sp³-hybridized carbons (Fsp3) is 0.190. The van der Waals surface area contributed by atoms with Crippen molar-refractivity contribution in [1.29, 1.82) is 0 Å². The van der Waals surface area contributed by atoms with Crippen LogP contribution in [0.25, 0.3) is 0 Å². The molecule has 0 bridgehead atoms. The molecule has 0 fully saturated rings. The second-order valence-corrected chi connectivity index (χ2v) is 8.10. The summed E-state index contributed by atoms with van der Waals surface area (Å²) in [6.07, 6.45) is 4.76. The smallest absolute Gasteiger partial charge is 0.294 e. The summed E-state index contributed by atoms with van der Waals surface area (Å²) < 4.78 is 33.7. The van der Waals surface area contributed by atoms with Gasteiger partial charge in [0.1, 0.15) is 5.75 Å². The Balaban J connectivity index is 2.29. The van der Waals surface area contributed by atoms with E-state index in [0.717, 1.165) is 16.7 Å². The average molecular weight is 384 g/mol. The molecule has 0 aromatic heterocycles. The van der Waals surface area contributed by atoms with E-state index < -0.39 is 16.0 Å². The Hall–Kier alpha value is -2.70. The predicted molar refractivity (Wildman–Crippen MR) is 102 cm³/mol. The van der Waals surface area contributed by atoms with Crippen molar-refractivity contribution < 1.29 is 22.9 Å². The topological polar surface area (TPSA) is 91.7 Å². The quantitative estimate of drug-likeness (QED) is 0.783. The fourth-order valence-electron chi connectivity index (χ4n) is 3.63. The number of aromatic hydroxyl groups is 1. The van der Waals surface area contributed by atoms with Gasteiger partial charge in [0.15, 0.2) is 5.78 Å². The normalized spacial score (nSPS) is 18.3. The Bertz CT molecular complexity index is 1060. The molecule has 1 aliphatic carbocycles. The van der Waals surface area contributed by atoms with Gasteiger partial charge in [0.2, 0.25) is 0 Å². The number of aryl methyl sites for hydroxylation is 1. The first-order valence-corrected chi connectivity index (χ1v) is 9.89. The van der Waals surface area contributed by atoms with Gasteiger partial charge in [-0.1, -0.05) is 35.9 Å². The highest BCUT2D eigenvalue weighted by atomic mass is 32.2. The number of phenols is 1. The van der Waals surface area contributed by atoms with Crippen molar-refractivity contribution in [2.45, 2.75) is 24.7 Å². The molecule has 0 saturated carbocycles. The Morgan fingerprint density at radius 3 is 2.37 bits per heavy atom. The molecule has 0 spiro atoms. The molecule has 27 heavy (non-hydrogen) atoms. The first-order valence-electron chi connectivity index (χ1n) is 8.45. The van der Waals surface area contributed by atoms with Crippen LogP contribution < -0.4 is 0 Å². The lowest BCUT2D eigenvalue weighted by molar-refractivity contribution is -0.110. The minimum Gasteiger partial charge on any atom is -0.508 e. The summed E-state index contributed by atoms with van der Waals surface area (Å²) in [5.41, 5.74) is 2.82. The summed E-state index contributed by atoms with van der Waals surface area (Å²) in [6.45, 7) is 3.65. The SMILES string of the molecule is CC1=CC(=O)C=CC1C(c1ccc(O)cc1C)c1ccccc1S(=O)(=O)O. The summed E-state index contributed by atoms with van der Waals surface area (Å²) in [5, 5.41) is 9.76. The Labute approximate surface area is 158 Å². The van der Waals surface area contributed by atoms with Crippen molar-refractivity contribution >= 4 is 15.9 Å². The fourth-order valence-corrected chi connectivity index (χ4v) is 4.37. The van der Waals surface area contributed by atoms with E-state index in [1.54, 1.807) is 42.5 Å². The van der Waals surface area contributed by atoms with E-state index in [1.807, 2.05) is 13.8 Å². The molecule has 0 radical (unpaired) electrons. The van der Waals surface area contributed by atoms with E-state index in [4.69, 9.17) is 0 Å². The van der Waals surface area contributed by atoms with Crippen molar-refractivity contribution in [3.63, 3.8) is 0 Å². The van der Waals surface area contributed by atoms with Crippen molar-refractivity contribution in [3.8, 4) is 5.75 Å². The highest BCUT2D eigenvalue weighted by molar-refractivity contribution is 7.85. The maximum atomic E-state index is 12.0. The van der Waals surface area contributed by atoms with E-state index >= 15 is 0 Å². The molecular formula is C21H20O5S. The molecule has 1 aliphatic rings. The highest BCUT2D eigenvalue weighted by Crippen LogP contribution is 2.42. The zero-order valence-electron chi connectivity index (χ0n) is 15.0. The third-order valence-electron chi connectivity index (χ3n) is 4.84. The summed E-state index contributed by atoms with van der Waals surface area (Å²) in [6, 6.07) is 11.2. The number of ketones is 1. The van der Waals surface area contributed by atoms with E-state index in [2.05, 4.69) is 0 Å². The molecule has 2 aromatic carbocycles. The van der Waals surface area contributed by atoms with E-state index in [1.165, 1.54) is 18.2 Å². The highest BCUT2D eigenvalue weighted by Gasteiger charge is 2.31. The van der Waals surface area contributed by atoms with Crippen molar-refractivity contribution in [2.24, 2.45) is 5.92 Å². The van der Waals surface area contributed by atoms with Crippen LogP contribution >= 0.6 is 0 Å². The molecule has 0 amide bonds. The number of hydrogen-bond donors (Lipinski definition) is 2. The summed E-state index contributed by atoms with van der Waals surface area (Å²) >= 11 is 0. The maximum absolute atomic E-state index is 12.0. The van der Waals surface area contributed by atoms with E-state index in [-0.39, 0.29) is 22.3 Å². The number of benzene rings is 2. The average Bonchev–Trinajstić information content (AvgIpc) is 2.58. The van der Waals surface area contributed by atoms with Crippen molar-refractivity contribution in [3.05, 3.63) is 83.0 Å². The minimum absolute atomic E-state index is 0.111. The molecule has 0 heterocycles. The standard InChI is InChI=1S/C21H20O5S/c1-13-11-15(22)7-9-17(13)21(18-10-8-16(23)12-14(18)2)19-5-3-4-6-20(19)27(24,25)26/h3-12,17,21,23H,1-2H3,(H,24,25,26).